The maximum atomic E-state index is 17.1. The van der Waals surface area contributed by atoms with Gasteiger partial charge in [0.2, 0.25) is 0 Å². The van der Waals surface area contributed by atoms with Gasteiger partial charge in [0, 0.05) is 49.5 Å². The Balaban J connectivity index is 1.36. The molecule has 4 aliphatic rings. The molecular formula is C32H30ClF3N6O3S. The van der Waals surface area contributed by atoms with Gasteiger partial charge in [-0.3, -0.25) is 4.90 Å². The van der Waals surface area contributed by atoms with Crippen LogP contribution in [0.5, 0.6) is 11.8 Å². The summed E-state index contributed by atoms with van der Waals surface area (Å²) in [5.74, 6) is -0.780. The summed E-state index contributed by atoms with van der Waals surface area (Å²) < 4.78 is 65.1. The van der Waals surface area contributed by atoms with Crippen LogP contribution in [0.1, 0.15) is 37.7 Å². The van der Waals surface area contributed by atoms with Crippen molar-refractivity contribution >= 4 is 54.7 Å². The fraction of sp³-hybridized carbons (Fsp3) is 0.469. The van der Waals surface area contributed by atoms with E-state index >= 15 is 4.39 Å². The molecule has 4 aromatic rings. The van der Waals surface area contributed by atoms with Gasteiger partial charge in [-0.05, 0) is 37.4 Å². The van der Waals surface area contributed by atoms with Crippen LogP contribution in [0.2, 0.25) is 5.02 Å². The zero-order valence-corrected chi connectivity index (χ0v) is 26.3. The van der Waals surface area contributed by atoms with Gasteiger partial charge < -0.3 is 24.8 Å². The van der Waals surface area contributed by atoms with Gasteiger partial charge in [0.1, 0.15) is 41.0 Å². The number of nitrogens with two attached hydrogens (primary N) is 1. The maximum absolute atomic E-state index is 17.1. The second-order valence-corrected chi connectivity index (χ2v) is 13.8. The van der Waals surface area contributed by atoms with Gasteiger partial charge in [0.25, 0.3) is 0 Å². The Hall–Kier alpha value is -3.57. The summed E-state index contributed by atoms with van der Waals surface area (Å²) in [7, 11) is 0. The Kier molecular flexibility index (Phi) is 7.32. The Morgan fingerprint density at radius 2 is 2.02 bits per heavy atom. The number of hydrogen-bond donors (Lipinski definition) is 1. The van der Waals surface area contributed by atoms with Crippen LogP contribution in [0.25, 0.3) is 32.1 Å². The molecule has 0 amide bonds. The number of halogens is 4. The first-order valence-corrected chi connectivity index (χ1v) is 16.6. The third-order valence-electron chi connectivity index (χ3n) is 9.86. The number of nitrogens with zero attached hydrogens (tertiary/aromatic N) is 5. The van der Waals surface area contributed by atoms with E-state index in [-0.39, 0.29) is 73.3 Å². The van der Waals surface area contributed by atoms with Crippen LogP contribution in [-0.4, -0.2) is 78.7 Å². The van der Waals surface area contributed by atoms with Crippen LogP contribution < -0.4 is 20.1 Å². The maximum Gasteiger partial charge on any atom is 0.319 e. The molecule has 14 heteroatoms. The van der Waals surface area contributed by atoms with Crippen molar-refractivity contribution in [3.63, 3.8) is 0 Å². The Morgan fingerprint density at radius 3 is 2.87 bits per heavy atom. The monoisotopic (exact) mass is 670 g/mol. The van der Waals surface area contributed by atoms with E-state index < -0.39 is 23.3 Å². The number of rotatable bonds is 4. The van der Waals surface area contributed by atoms with Crippen molar-refractivity contribution in [1.29, 1.82) is 5.26 Å². The van der Waals surface area contributed by atoms with Crippen LogP contribution >= 0.6 is 22.9 Å². The van der Waals surface area contributed by atoms with Crippen molar-refractivity contribution in [1.82, 2.24) is 14.9 Å². The quantitative estimate of drug-likeness (QED) is 0.270. The van der Waals surface area contributed by atoms with E-state index in [1.54, 1.807) is 0 Å². The van der Waals surface area contributed by atoms with E-state index in [1.807, 2.05) is 6.07 Å². The summed E-state index contributed by atoms with van der Waals surface area (Å²) >= 11 is 7.94. The first-order chi connectivity index (χ1) is 22.3. The lowest BCUT2D eigenvalue weighted by atomic mass is 9.95. The van der Waals surface area contributed by atoms with Crippen molar-refractivity contribution in [3.05, 3.63) is 34.4 Å². The molecule has 46 heavy (non-hydrogen) atoms. The molecule has 3 atom stereocenters. The molecule has 9 nitrogen and oxygen atoms in total. The Bertz CT molecular complexity index is 1940. The highest BCUT2D eigenvalue weighted by molar-refractivity contribution is 7.23. The van der Waals surface area contributed by atoms with Gasteiger partial charge in [-0.2, -0.15) is 15.2 Å². The van der Waals surface area contributed by atoms with Crippen molar-refractivity contribution in [2.75, 3.05) is 56.7 Å². The second kappa shape index (κ2) is 11.3. The smallest absolute Gasteiger partial charge is 0.319 e. The van der Waals surface area contributed by atoms with Crippen molar-refractivity contribution < 1.29 is 27.4 Å². The highest BCUT2D eigenvalue weighted by atomic mass is 35.5. The van der Waals surface area contributed by atoms with E-state index in [9.17, 15) is 14.0 Å². The predicted molar refractivity (Wildman–Crippen MR) is 170 cm³/mol. The van der Waals surface area contributed by atoms with Gasteiger partial charge in [0.15, 0.2) is 11.6 Å². The topological polar surface area (TPSA) is 110 Å². The summed E-state index contributed by atoms with van der Waals surface area (Å²) in [5, 5.41) is 10.4. The van der Waals surface area contributed by atoms with Gasteiger partial charge in [0.05, 0.1) is 39.4 Å². The molecule has 2 N–H and O–H groups in total. The zero-order valence-electron chi connectivity index (χ0n) is 24.8. The molecule has 2 aromatic carbocycles. The molecule has 0 bridgehead atoms. The number of anilines is 2. The SMILES string of the molecule is N#Cc1c(N)sc2c(F)ccc(-c3c(Cl)c4c5c(nc(OC[C@@]67CCCN6C[C@H](F)C7)nc5c3F)N3CCOCCC3CCO4)c12. The summed E-state index contributed by atoms with van der Waals surface area (Å²) in [6.07, 6.45) is 2.49. The predicted octanol–water partition coefficient (Wildman–Crippen LogP) is 6.23. The van der Waals surface area contributed by atoms with Crippen molar-refractivity contribution in [3.8, 4) is 29.0 Å². The molecular weight excluding hydrogens is 641 g/mol. The summed E-state index contributed by atoms with van der Waals surface area (Å²) in [6, 6.07) is 4.58. The number of alkyl halides is 1. The molecule has 0 aliphatic carbocycles. The first-order valence-electron chi connectivity index (χ1n) is 15.4. The summed E-state index contributed by atoms with van der Waals surface area (Å²) in [6.45, 7) is 3.12. The van der Waals surface area contributed by atoms with E-state index in [4.69, 9.17) is 36.5 Å². The van der Waals surface area contributed by atoms with Gasteiger partial charge in [-0.1, -0.05) is 17.7 Å². The molecule has 6 heterocycles. The van der Waals surface area contributed by atoms with E-state index in [2.05, 4.69) is 14.8 Å². The summed E-state index contributed by atoms with van der Waals surface area (Å²) in [5.41, 5.74) is 5.68. The standard InChI is InChI=1S/C32H30ClF3N6O3S/c33-24-22(18-2-3-20(35)28-21(18)19(13-37)29(38)46-28)25(36)26-23-27(24)44-10-5-17-4-9-43-11-8-42(17)30(23)40-31(39-26)45-15-32-6-1-7-41(32)14-16(34)12-32/h2-3,16-17H,1,4-12,14-15,38H2/t16-,17?,32+/m1/s1. The first kappa shape index (κ1) is 29.8. The number of hydrogen-bond acceptors (Lipinski definition) is 10. The third kappa shape index (κ3) is 4.56. The lowest BCUT2D eigenvalue weighted by Gasteiger charge is -2.34. The number of ether oxygens (including phenoxy) is 3. The highest BCUT2D eigenvalue weighted by Gasteiger charge is 2.49. The minimum atomic E-state index is -0.938. The van der Waals surface area contributed by atoms with Crippen LogP contribution in [0, 0.1) is 23.0 Å². The fourth-order valence-corrected chi connectivity index (χ4v) is 9.02. The number of nitrogen functional groups attached to an aromatic ring is 1. The molecule has 8 rings (SSSR count). The largest absolute Gasteiger partial charge is 0.491 e. The molecule has 1 unspecified atom stereocenters. The third-order valence-corrected chi connectivity index (χ3v) is 11.2. The number of fused-ring (bicyclic) bond motifs is 4. The van der Waals surface area contributed by atoms with Crippen LogP contribution in [0.3, 0.4) is 0 Å². The average molecular weight is 671 g/mol. The van der Waals surface area contributed by atoms with Crippen LogP contribution in [-0.2, 0) is 4.74 Å². The summed E-state index contributed by atoms with van der Waals surface area (Å²) in [4.78, 5) is 13.6. The van der Waals surface area contributed by atoms with Crippen LogP contribution in [0.4, 0.5) is 24.0 Å². The normalized spacial score (nSPS) is 24.6. The molecule has 0 radical (unpaired) electrons. The lowest BCUT2D eigenvalue weighted by molar-refractivity contribution is 0.107. The minimum Gasteiger partial charge on any atom is -0.491 e. The van der Waals surface area contributed by atoms with E-state index in [1.165, 1.54) is 12.1 Å². The van der Waals surface area contributed by atoms with Crippen molar-refractivity contribution in [2.45, 2.75) is 49.9 Å². The zero-order chi connectivity index (χ0) is 31.7. The lowest BCUT2D eigenvalue weighted by Crippen LogP contribution is -2.43. The highest BCUT2D eigenvalue weighted by Crippen LogP contribution is 2.51. The molecule has 0 saturated carbocycles. The Morgan fingerprint density at radius 1 is 1.17 bits per heavy atom. The number of benzene rings is 2. The van der Waals surface area contributed by atoms with Gasteiger partial charge >= 0.3 is 6.01 Å². The molecule has 4 aliphatic heterocycles. The molecule has 3 saturated heterocycles. The number of thiophene rings is 1. The van der Waals surface area contributed by atoms with E-state index in [0.717, 1.165) is 30.7 Å². The Labute approximate surface area is 271 Å². The molecule has 2 aromatic heterocycles. The van der Waals surface area contributed by atoms with Gasteiger partial charge in [-0.25, -0.2) is 13.2 Å². The molecule has 0 spiro atoms. The van der Waals surface area contributed by atoms with Crippen LogP contribution in [0.15, 0.2) is 12.1 Å². The van der Waals surface area contributed by atoms with E-state index in [0.29, 0.717) is 56.8 Å². The average Bonchev–Trinajstić information content (AvgIpc) is 3.61. The minimum absolute atomic E-state index is 0.00199. The number of nitriles is 1. The van der Waals surface area contributed by atoms with Gasteiger partial charge in [-0.15, -0.1) is 11.3 Å². The molecule has 3 fully saturated rings. The second-order valence-electron chi connectivity index (χ2n) is 12.4. The number of aromatic nitrogens is 2. The van der Waals surface area contributed by atoms with Crippen molar-refractivity contribution in [2.24, 2.45) is 0 Å². The fourth-order valence-electron chi connectivity index (χ4n) is 7.73. The molecule has 240 valence electrons.